The van der Waals surface area contributed by atoms with E-state index in [4.69, 9.17) is 16.7 Å². The van der Waals surface area contributed by atoms with Gasteiger partial charge in [-0.2, -0.15) is 0 Å². The van der Waals surface area contributed by atoms with E-state index in [-0.39, 0.29) is 12.3 Å². The average Bonchev–Trinajstić information content (AvgIpc) is 2.48. The van der Waals surface area contributed by atoms with Gasteiger partial charge in [-0.3, -0.25) is 4.79 Å². The number of pyridine rings is 1. The van der Waals surface area contributed by atoms with Crippen LogP contribution in [0, 0.1) is 17.7 Å². The lowest BCUT2D eigenvalue weighted by atomic mass is 10.2. The minimum atomic E-state index is -0.522. The number of halogens is 2. The van der Waals surface area contributed by atoms with Crippen molar-refractivity contribution in [1.29, 1.82) is 0 Å². The van der Waals surface area contributed by atoms with Crippen molar-refractivity contribution < 1.29 is 14.3 Å². The minimum absolute atomic E-state index is 0.0688. The number of carbonyl (C=O) groups is 1. The fraction of sp³-hybridized carbons (Fsp3) is 0.0667. The van der Waals surface area contributed by atoms with Gasteiger partial charge in [0, 0.05) is 5.56 Å². The number of nitrogens with one attached hydrogen (secondary N) is 1. The van der Waals surface area contributed by atoms with Gasteiger partial charge in [-0.05, 0) is 30.3 Å². The monoisotopic (exact) mass is 304 g/mol. The van der Waals surface area contributed by atoms with E-state index in [1.165, 1.54) is 6.07 Å². The van der Waals surface area contributed by atoms with Gasteiger partial charge < -0.3 is 10.4 Å². The first kappa shape index (κ1) is 15.0. The van der Waals surface area contributed by atoms with E-state index < -0.39 is 11.7 Å². The second-order valence-corrected chi connectivity index (χ2v) is 4.38. The number of benzene rings is 1. The predicted molar refractivity (Wildman–Crippen MR) is 77.6 cm³/mol. The van der Waals surface area contributed by atoms with Gasteiger partial charge in [0.05, 0.1) is 16.9 Å². The van der Waals surface area contributed by atoms with E-state index in [2.05, 4.69) is 22.1 Å². The molecule has 0 fully saturated rings. The largest absolute Gasteiger partial charge is 0.384 e. The molecular weight excluding hydrogens is 295 g/mol. The smallest absolute Gasteiger partial charge is 0.274 e. The maximum atomic E-state index is 12.8. The molecule has 106 valence electrons. The van der Waals surface area contributed by atoms with E-state index >= 15 is 0 Å². The average molecular weight is 305 g/mol. The molecule has 0 aliphatic rings. The topological polar surface area (TPSA) is 62.2 Å². The number of hydrogen-bond donors (Lipinski definition) is 2. The summed E-state index contributed by atoms with van der Waals surface area (Å²) >= 11 is 5.99. The van der Waals surface area contributed by atoms with Crippen LogP contribution in [0.2, 0.25) is 5.02 Å². The third-order valence-electron chi connectivity index (χ3n) is 2.49. The Balaban J connectivity index is 2.22. The van der Waals surface area contributed by atoms with Gasteiger partial charge in [0.1, 0.15) is 18.1 Å². The normalized spacial score (nSPS) is 9.67. The Morgan fingerprint density at radius 1 is 1.38 bits per heavy atom. The van der Waals surface area contributed by atoms with Crippen molar-refractivity contribution in [3.8, 4) is 11.8 Å². The predicted octanol–water partition coefficient (Wildman–Crippen LogP) is 2.47. The van der Waals surface area contributed by atoms with Crippen LogP contribution in [0.1, 0.15) is 16.1 Å². The van der Waals surface area contributed by atoms with Crippen LogP contribution < -0.4 is 5.32 Å². The Morgan fingerprint density at radius 2 is 2.19 bits per heavy atom. The van der Waals surface area contributed by atoms with Crippen molar-refractivity contribution in [3.05, 3.63) is 58.6 Å². The zero-order chi connectivity index (χ0) is 15.2. The minimum Gasteiger partial charge on any atom is -0.384 e. The molecule has 0 radical (unpaired) electrons. The van der Waals surface area contributed by atoms with Crippen LogP contribution >= 0.6 is 11.6 Å². The summed E-state index contributed by atoms with van der Waals surface area (Å²) < 4.78 is 12.8. The summed E-state index contributed by atoms with van der Waals surface area (Å²) in [6.07, 6.45) is 0.958. The first-order valence-electron chi connectivity index (χ1n) is 5.92. The van der Waals surface area contributed by atoms with Crippen LogP contribution in [0.5, 0.6) is 0 Å². The fourth-order valence-electron chi connectivity index (χ4n) is 1.54. The summed E-state index contributed by atoms with van der Waals surface area (Å²) in [6, 6.07) is 7.24. The van der Waals surface area contributed by atoms with E-state index in [9.17, 15) is 9.18 Å². The third kappa shape index (κ3) is 4.02. The van der Waals surface area contributed by atoms with Crippen LogP contribution in [0.25, 0.3) is 0 Å². The molecule has 0 spiro atoms. The summed E-state index contributed by atoms with van der Waals surface area (Å²) in [5, 5.41) is 11.6. The quantitative estimate of drug-likeness (QED) is 0.838. The van der Waals surface area contributed by atoms with Crippen LogP contribution in [0.15, 0.2) is 36.5 Å². The summed E-state index contributed by atoms with van der Waals surface area (Å²) in [4.78, 5) is 15.7. The summed E-state index contributed by atoms with van der Waals surface area (Å²) in [5.74, 6) is 4.17. The Bertz CT molecular complexity index is 721. The lowest BCUT2D eigenvalue weighted by Crippen LogP contribution is -2.14. The van der Waals surface area contributed by atoms with Crippen molar-refractivity contribution in [3.63, 3.8) is 0 Å². The summed E-state index contributed by atoms with van der Waals surface area (Å²) in [5.41, 5.74) is 1.02. The first-order valence-corrected chi connectivity index (χ1v) is 6.30. The van der Waals surface area contributed by atoms with Crippen molar-refractivity contribution in [2.24, 2.45) is 0 Å². The molecule has 0 aliphatic heterocycles. The fourth-order valence-corrected chi connectivity index (χ4v) is 1.70. The number of amides is 1. The number of carbonyl (C=O) groups excluding carboxylic acids is 1. The molecule has 2 N–H and O–H groups in total. The molecular formula is C15H10ClFN2O2. The Morgan fingerprint density at radius 3 is 2.86 bits per heavy atom. The number of hydrogen-bond acceptors (Lipinski definition) is 3. The molecule has 0 saturated heterocycles. The highest BCUT2D eigenvalue weighted by atomic mass is 35.5. The molecule has 1 amide bonds. The molecule has 0 saturated carbocycles. The highest BCUT2D eigenvalue weighted by Crippen LogP contribution is 2.23. The van der Waals surface area contributed by atoms with Crippen LogP contribution in [0.4, 0.5) is 10.1 Å². The molecule has 0 unspecified atom stereocenters. The van der Waals surface area contributed by atoms with Crippen molar-refractivity contribution in [2.75, 3.05) is 11.9 Å². The second-order valence-electron chi connectivity index (χ2n) is 3.97. The lowest BCUT2D eigenvalue weighted by Gasteiger charge is -2.07. The number of anilines is 1. The first-order chi connectivity index (χ1) is 10.1. The van der Waals surface area contributed by atoms with Crippen LogP contribution in [-0.4, -0.2) is 22.6 Å². The van der Waals surface area contributed by atoms with Gasteiger partial charge >= 0.3 is 0 Å². The van der Waals surface area contributed by atoms with Gasteiger partial charge in [0.25, 0.3) is 5.91 Å². The molecule has 2 aromatic rings. The maximum Gasteiger partial charge on any atom is 0.274 e. The molecule has 4 nitrogen and oxygen atoms in total. The summed E-state index contributed by atoms with van der Waals surface area (Å²) in [7, 11) is 0. The lowest BCUT2D eigenvalue weighted by molar-refractivity contribution is 0.102. The third-order valence-corrected chi connectivity index (χ3v) is 2.82. The Kier molecular flexibility index (Phi) is 4.88. The highest BCUT2D eigenvalue weighted by Gasteiger charge is 2.10. The molecule has 0 atom stereocenters. The molecule has 1 aromatic carbocycles. The molecule has 1 aromatic heterocycles. The zero-order valence-electron chi connectivity index (χ0n) is 10.7. The molecule has 6 heteroatoms. The van der Waals surface area contributed by atoms with Crippen molar-refractivity contribution in [1.82, 2.24) is 4.98 Å². The SMILES string of the molecule is O=C(Nc1cc(C#CCO)ccc1Cl)c1ccc(F)cn1. The molecule has 21 heavy (non-hydrogen) atoms. The van der Waals surface area contributed by atoms with Gasteiger partial charge in [0.2, 0.25) is 0 Å². The number of aliphatic hydroxyl groups excluding tert-OH is 1. The van der Waals surface area contributed by atoms with Crippen molar-refractivity contribution in [2.45, 2.75) is 0 Å². The molecule has 2 rings (SSSR count). The Hall–Kier alpha value is -2.42. The van der Waals surface area contributed by atoms with Crippen molar-refractivity contribution >= 4 is 23.2 Å². The van der Waals surface area contributed by atoms with Gasteiger partial charge in [-0.1, -0.05) is 23.4 Å². The number of aromatic nitrogens is 1. The van der Waals surface area contributed by atoms with Crippen LogP contribution in [-0.2, 0) is 0 Å². The molecule has 0 aliphatic carbocycles. The zero-order valence-corrected chi connectivity index (χ0v) is 11.5. The standard InChI is InChI=1S/C15H10ClFN2O2/c16-12-5-3-10(2-1-7-20)8-14(12)19-15(21)13-6-4-11(17)9-18-13/h3-6,8-9,20H,7H2,(H,19,21). The molecule has 0 bridgehead atoms. The van der Waals surface area contributed by atoms with Crippen LogP contribution in [0.3, 0.4) is 0 Å². The number of nitrogens with zero attached hydrogens (tertiary/aromatic N) is 1. The van der Waals surface area contributed by atoms with E-state index in [0.717, 1.165) is 12.3 Å². The highest BCUT2D eigenvalue weighted by molar-refractivity contribution is 6.34. The Labute approximate surface area is 125 Å². The van der Waals surface area contributed by atoms with Gasteiger partial charge in [-0.15, -0.1) is 0 Å². The summed E-state index contributed by atoms with van der Waals surface area (Å²) in [6.45, 7) is -0.260. The maximum absolute atomic E-state index is 12.8. The number of aliphatic hydroxyl groups is 1. The van der Waals surface area contributed by atoms with E-state index in [1.807, 2.05) is 0 Å². The second kappa shape index (κ2) is 6.84. The number of rotatable bonds is 2. The van der Waals surface area contributed by atoms with E-state index in [1.54, 1.807) is 18.2 Å². The molecule has 1 heterocycles. The van der Waals surface area contributed by atoms with Gasteiger partial charge in [0.15, 0.2) is 0 Å². The van der Waals surface area contributed by atoms with Gasteiger partial charge in [-0.25, -0.2) is 9.37 Å². The van der Waals surface area contributed by atoms with E-state index in [0.29, 0.717) is 16.3 Å².